The molecule has 0 spiro atoms. The van der Waals surface area contributed by atoms with Crippen LogP contribution in [-0.2, 0) is 24.8 Å². The Labute approximate surface area is 132 Å². The van der Waals surface area contributed by atoms with Gasteiger partial charge in [0.15, 0.2) is 0 Å². The van der Waals surface area contributed by atoms with Crippen molar-refractivity contribution in [1.29, 1.82) is 0 Å². The van der Waals surface area contributed by atoms with Crippen molar-refractivity contribution in [3.63, 3.8) is 0 Å². The molecule has 116 valence electrons. The lowest BCUT2D eigenvalue weighted by molar-refractivity contribution is -0.569. The third-order valence-corrected chi connectivity index (χ3v) is 5.09. The van der Waals surface area contributed by atoms with Gasteiger partial charge in [0.25, 0.3) is 11.2 Å². The molecule has 1 atom stereocenters. The predicted molar refractivity (Wildman–Crippen MR) is 83.0 cm³/mol. The fourth-order valence-corrected chi connectivity index (χ4v) is 3.92. The van der Waals surface area contributed by atoms with Crippen LogP contribution in [0.1, 0.15) is 34.2 Å². The first-order valence-electron chi connectivity index (χ1n) is 7.57. The van der Waals surface area contributed by atoms with Gasteiger partial charge in [-0.25, -0.2) is 0 Å². The fourth-order valence-electron chi connectivity index (χ4n) is 3.92. The Morgan fingerprint density at radius 2 is 1.61 bits per heavy atom. The van der Waals surface area contributed by atoms with Crippen molar-refractivity contribution in [2.24, 2.45) is 0 Å². The molecular weight excluding hydrogens is 296 g/mol. The van der Waals surface area contributed by atoms with Crippen LogP contribution in [0.3, 0.4) is 0 Å². The van der Waals surface area contributed by atoms with Crippen molar-refractivity contribution in [3.8, 4) is 0 Å². The van der Waals surface area contributed by atoms with Crippen molar-refractivity contribution in [2.45, 2.75) is 31.2 Å². The number of nitro groups is 2. The normalized spacial score (nSPS) is 21.2. The molecule has 0 fully saturated rings. The van der Waals surface area contributed by atoms with Gasteiger partial charge in [-0.2, -0.15) is 0 Å². The zero-order chi connectivity index (χ0) is 16.2. The highest BCUT2D eigenvalue weighted by molar-refractivity contribution is 5.55. The standard InChI is InChI=1S/C17H14N2O4/c20-18(21)16-10-11-1-4-13-5-2-12-7-8-17(19(22)23,15(13)9-12)14(16)6-3-11/h2-3,5-6,9-10H,1,4,7-8H2. The maximum Gasteiger partial charge on any atom is 0.280 e. The minimum absolute atomic E-state index is 0.139. The predicted octanol–water partition coefficient (Wildman–Crippen LogP) is 3.16. The molecule has 4 bridgehead atoms. The molecule has 0 aliphatic heterocycles. The van der Waals surface area contributed by atoms with E-state index in [1.54, 1.807) is 12.1 Å². The summed E-state index contributed by atoms with van der Waals surface area (Å²) in [5, 5.41) is 23.6. The zero-order valence-electron chi connectivity index (χ0n) is 12.3. The summed E-state index contributed by atoms with van der Waals surface area (Å²) in [6.07, 6.45) is 2.10. The average Bonchev–Trinajstić information content (AvgIpc) is 2.65. The summed E-state index contributed by atoms with van der Waals surface area (Å²) in [5.74, 6) is 0. The highest BCUT2D eigenvalue weighted by Gasteiger charge is 2.53. The van der Waals surface area contributed by atoms with Crippen LogP contribution >= 0.6 is 0 Å². The Morgan fingerprint density at radius 3 is 2.35 bits per heavy atom. The van der Waals surface area contributed by atoms with Crippen LogP contribution in [0.5, 0.6) is 0 Å². The van der Waals surface area contributed by atoms with E-state index in [0.717, 1.165) is 16.7 Å². The van der Waals surface area contributed by atoms with Gasteiger partial charge in [-0.05, 0) is 48.1 Å². The molecule has 23 heavy (non-hydrogen) atoms. The second-order valence-electron chi connectivity index (χ2n) is 6.22. The lowest BCUT2D eigenvalue weighted by Crippen LogP contribution is -2.40. The fraction of sp³-hybridized carbons (Fsp3) is 0.294. The second-order valence-corrected chi connectivity index (χ2v) is 6.22. The van der Waals surface area contributed by atoms with E-state index in [-0.39, 0.29) is 22.6 Å². The molecule has 0 heterocycles. The third-order valence-electron chi connectivity index (χ3n) is 5.09. The van der Waals surface area contributed by atoms with Gasteiger partial charge < -0.3 is 0 Å². The molecule has 1 unspecified atom stereocenters. The lowest BCUT2D eigenvalue weighted by atomic mass is 9.72. The van der Waals surface area contributed by atoms with E-state index < -0.39 is 10.5 Å². The average molecular weight is 310 g/mol. The van der Waals surface area contributed by atoms with Gasteiger partial charge in [-0.15, -0.1) is 0 Å². The van der Waals surface area contributed by atoms with Gasteiger partial charge in [0.05, 0.1) is 4.92 Å². The molecular formula is C17H14N2O4. The van der Waals surface area contributed by atoms with E-state index in [9.17, 15) is 20.2 Å². The first kappa shape index (κ1) is 13.9. The van der Waals surface area contributed by atoms with Gasteiger partial charge in [0.1, 0.15) is 5.56 Å². The van der Waals surface area contributed by atoms with Gasteiger partial charge >= 0.3 is 0 Å². The number of hydrogen-bond acceptors (Lipinski definition) is 4. The Kier molecular flexibility index (Phi) is 2.78. The minimum Gasteiger partial charge on any atom is -0.263 e. The number of aryl methyl sites for hydroxylation is 3. The smallest absolute Gasteiger partial charge is 0.263 e. The molecule has 5 rings (SSSR count). The minimum atomic E-state index is -1.52. The first-order valence-corrected chi connectivity index (χ1v) is 7.57. The lowest BCUT2D eigenvalue weighted by Gasteiger charge is -2.31. The Balaban J connectivity index is 2.13. The largest absolute Gasteiger partial charge is 0.280 e. The van der Waals surface area contributed by atoms with Crippen molar-refractivity contribution < 1.29 is 9.85 Å². The molecule has 0 saturated carbocycles. The van der Waals surface area contributed by atoms with Crippen molar-refractivity contribution >= 4 is 5.69 Å². The molecule has 2 aromatic carbocycles. The Bertz CT molecular complexity index is 862. The van der Waals surface area contributed by atoms with Crippen LogP contribution < -0.4 is 0 Å². The van der Waals surface area contributed by atoms with Gasteiger partial charge in [0.2, 0.25) is 0 Å². The number of fused-ring (bicyclic) bond motifs is 4. The molecule has 3 aliphatic carbocycles. The number of nitro benzene ring substituents is 1. The van der Waals surface area contributed by atoms with Gasteiger partial charge in [-0.1, -0.05) is 18.2 Å². The van der Waals surface area contributed by atoms with Gasteiger partial charge in [-0.3, -0.25) is 20.2 Å². The van der Waals surface area contributed by atoms with E-state index >= 15 is 0 Å². The maximum atomic E-state index is 12.1. The quantitative estimate of drug-likeness (QED) is 0.629. The third kappa shape index (κ3) is 1.81. The maximum absolute atomic E-state index is 12.1. The monoisotopic (exact) mass is 310 g/mol. The Hall–Kier alpha value is -2.76. The molecule has 0 amide bonds. The molecule has 0 N–H and O–H groups in total. The summed E-state index contributed by atoms with van der Waals surface area (Å²) in [6, 6.07) is 10.7. The molecule has 0 radical (unpaired) electrons. The summed E-state index contributed by atoms with van der Waals surface area (Å²) in [7, 11) is 0. The summed E-state index contributed by atoms with van der Waals surface area (Å²) < 4.78 is 0. The second kappa shape index (κ2) is 4.62. The SMILES string of the molecule is O=[N+]([O-])c1cc2ccc1C1([N+](=O)[O-])CCc3ccc(c1c3)CC2. The first-order chi connectivity index (χ1) is 11.0. The van der Waals surface area contributed by atoms with Crippen LogP contribution in [-0.4, -0.2) is 9.85 Å². The Morgan fingerprint density at radius 1 is 0.870 bits per heavy atom. The van der Waals surface area contributed by atoms with Crippen LogP contribution in [0.15, 0.2) is 36.4 Å². The van der Waals surface area contributed by atoms with Crippen molar-refractivity contribution in [3.05, 3.63) is 84.4 Å². The van der Waals surface area contributed by atoms with E-state index in [1.165, 1.54) is 6.07 Å². The molecule has 6 nitrogen and oxygen atoms in total. The summed E-state index contributed by atoms with van der Waals surface area (Å²) in [5.41, 5.74) is 1.99. The van der Waals surface area contributed by atoms with Crippen LogP contribution in [0, 0.1) is 20.2 Å². The topological polar surface area (TPSA) is 86.3 Å². The van der Waals surface area contributed by atoms with Crippen LogP contribution in [0.4, 0.5) is 5.69 Å². The molecule has 6 heteroatoms. The molecule has 2 aromatic rings. The number of benzene rings is 2. The van der Waals surface area contributed by atoms with E-state index in [0.29, 0.717) is 24.8 Å². The summed E-state index contributed by atoms with van der Waals surface area (Å²) >= 11 is 0. The molecule has 0 aromatic heterocycles. The number of hydrogen-bond donors (Lipinski definition) is 0. The highest BCUT2D eigenvalue weighted by atomic mass is 16.6. The summed E-state index contributed by atoms with van der Waals surface area (Å²) in [6.45, 7) is 0. The van der Waals surface area contributed by atoms with Crippen LogP contribution in [0.2, 0.25) is 0 Å². The van der Waals surface area contributed by atoms with E-state index in [1.807, 2.05) is 18.2 Å². The number of nitrogens with zero attached hydrogens (tertiary/aromatic N) is 2. The number of rotatable bonds is 2. The van der Waals surface area contributed by atoms with Crippen LogP contribution in [0.25, 0.3) is 0 Å². The van der Waals surface area contributed by atoms with E-state index in [4.69, 9.17) is 0 Å². The van der Waals surface area contributed by atoms with Crippen molar-refractivity contribution in [1.82, 2.24) is 0 Å². The van der Waals surface area contributed by atoms with E-state index in [2.05, 4.69) is 0 Å². The highest BCUT2D eigenvalue weighted by Crippen LogP contribution is 2.47. The zero-order valence-corrected chi connectivity index (χ0v) is 12.3. The molecule has 3 aliphatic rings. The molecule has 0 saturated heterocycles. The van der Waals surface area contributed by atoms with Gasteiger partial charge in [0, 0.05) is 23.0 Å². The summed E-state index contributed by atoms with van der Waals surface area (Å²) in [4.78, 5) is 22.8. The van der Waals surface area contributed by atoms with Crippen molar-refractivity contribution in [2.75, 3.05) is 0 Å².